The highest BCUT2D eigenvalue weighted by atomic mass is 16.6. The van der Waals surface area contributed by atoms with Crippen molar-refractivity contribution in [1.29, 1.82) is 10.5 Å². The summed E-state index contributed by atoms with van der Waals surface area (Å²) in [6, 6.07) is 20.1. The standard InChI is InChI=1S/C28H26N6O2/c1-18-23(13-29)26(20-9-10-25-22(12-20)15-31-33-25)24(14-30)27(32-18)21-8-5-11-34(16-21)28(35)36-17-19-6-3-2-4-7-19/h2-4,6-7,9-10,12,15,21,26,32H,5,8,11,16-17H2,1H3,(H,31,33). The van der Waals surface area contributed by atoms with Gasteiger partial charge in [0.25, 0.3) is 0 Å². The first kappa shape index (κ1) is 23.2. The van der Waals surface area contributed by atoms with E-state index in [1.807, 2.05) is 55.5 Å². The van der Waals surface area contributed by atoms with Crippen LogP contribution in [0.5, 0.6) is 0 Å². The van der Waals surface area contributed by atoms with Crippen molar-refractivity contribution < 1.29 is 9.53 Å². The van der Waals surface area contributed by atoms with E-state index in [1.54, 1.807) is 11.1 Å². The SMILES string of the molecule is CC1=C(C#N)C(c2ccc3[nH]ncc3c2)C(C#N)=C(C2CCCN(C(=O)OCc3ccccc3)C2)N1. The number of carbonyl (C=O) groups is 1. The van der Waals surface area contributed by atoms with Gasteiger partial charge in [0.15, 0.2) is 0 Å². The molecule has 2 N–H and O–H groups in total. The van der Waals surface area contributed by atoms with E-state index in [2.05, 4.69) is 27.7 Å². The fourth-order valence-electron chi connectivity index (χ4n) is 5.11. The molecule has 2 aliphatic rings. The van der Waals surface area contributed by atoms with Crippen LogP contribution in [0.2, 0.25) is 0 Å². The van der Waals surface area contributed by atoms with Crippen LogP contribution in [0, 0.1) is 28.6 Å². The third-order valence-electron chi connectivity index (χ3n) is 6.93. The van der Waals surface area contributed by atoms with Gasteiger partial charge >= 0.3 is 6.09 Å². The maximum atomic E-state index is 12.8. The zero-order chi connectivity index (χ0) is 25.1. The molecule has 1 saturated heterocycles. The summed E-state index contributed by atoms with van der Waals surface area (Å²) >= 11 is 0. The monoisotopic (exact) mass is 478 g/mol. The minimum atomic E-state index is -0.476. The number of nitriles is 2. The van der Waals surface area contributed by atoms with Gasteiger partial charge in [0.2, 0.25) is 0 Å². The second kappa shape index (κ2) is 9.97. The average Bonchev–Trinajstić information content (AvgIpc) is 3.39. The quantitative estimate of drug-likeness (QED) is 0.552. The third-order valence-corrected chi connectivity index (χ3v) is 6.93. The number of dihydropyridines is 1. The normalized spacial score (nSPS) is 20.0. The van der Waals surface area contributed by atoms with E-state index in [1.165, 1.54) is 0 Å². The van der Waals surface area contributed by atoms with E-state index in [4.69, 9.17) is 4.74 Å². The summed E-state index contributed by atoms with van der Waals surface area (Å²) in [6.07, 6.45) is 3.01. The molecule has 5 rings (SSSR count). The number of nitrogens with one attached hydrogen (secondary N) is 2. The number of carbonyl (C=O) groups excluding carboxylic acids is 1. The molecule has 0 spiro atoms. The van der Waals surface area contributed by atoms with Crippen molar-refractivity contribution in [3.63, 3.8) is 0 Å². The van der Waals surface area contributed by atoms with Crippen molar-refractivity contribution in [2.45, 2.75) is 32.3 Å². The van der Waals surface area contributed by atoms with Gasteiger partial charge in [-0.15, -0.1) is 0 Å². The minimum Gasteiger partial charge on any atom is -0.445 e. The lowest BCUT2D eigenvalue weighted by Crippen LogP contribution is -2.43. The van der Waals surface area contributed by atoms with E-state index >= 15 is 0 Å². The van der Waals surface area contributed by atoms with E-state index in [-0.39, 0.29) is 18.6 Å². The average molecular weight is 479 g/mol. The van der Waals surface area contributed by atoms with Crippen LogP contribution >= 0.6 is 0 Å². The molecule has 3 heterocycles. The second-order valence-electron chi connectivity index (χ2n) is 9.19. The largest absolute Gasteiger partial charge is 0.445 e. The summed E-state index contributed by atoms with van der Waals surface area (Å²) in [5, 5.41) is 31.6. The van der Waals surface area contributed by atoms with Gasteiger partial charge in [0.1, 0.15) is 6.61 Å². The predicted octanol–water partition coefficient (Wildman–Crippen LogP) is 4.87. The van der Waals surface area contributed by atoms with Gasteiger partial charge in [0.05, 0.1) is 40.9 Å². The Morgan fingerprint density at radius 1 is 1.17 bits per heavy atom. The Kier molecular flexibility index (Phi) is 6.42. The van der Waals surface area contributed by atoms with Crippen LogP contribution in [0.15, 0.2) is 77.3 Å². The van der Waals surface area contributed by atoms with Crippen LogP contribution in [0.4, 0.5) is 4.79 Å². The molecule has 2 aliphatic heterocycles. The van der Waals surface area contributed by atoms with Gasteiger partial charge in [-0.2, -0.15) is 15.6 Å². The van der Waals surface area contributed by atoms with Gasteiger partial charge in [0, 0.05) is 35.8 Å². The molecule has 8 heteroatoms. The lowest BCUT2D eigenvalue weighted by molar-refractivity contribution is 0.0820. The highest BCUT2D eigenvalue weighted by Gasteiger charge is 2.36. The molecule has 1 amide bonds. The topological polar surface area (TPSA) is 118 Å². The maximum Gasteiger partial charge on any atom is 0.410 e. The van der Waals surface area contributed by atoms with Crippen LogP contribution < -0.4 is 5.32 Å². The fraction of sp³-hybridized carbons (Fsp3) is 0.286. The van der Waals surface area contributed by atoms with Gasteiger partial charge < -0.3 is 15.0 Å². The Morgan fingerprint density at radius 3 is 2.75 bits per heavy atom. The van der Waals surface area contributed by atoms with Crippen LogP contribution in [0.3, 0.4) is 0 Å². The Labute approximate surface area is 209 Å². The minimum absolute atomic E-state index is 0.0620. The number of allylic oxidation sites excluding steroid dienone is 3. The number of nitrogens with zero attached hydrogens (tertiary/aromatic N) is 4. The third kappa shape index (κ3) is 4.42. The molecule has 2 unspecified atom stereocenters. The Bertz CT molecular complexity index is 1440. The summed E-state index contributed by atoms with van der Waals surface area (Å²) in [7, 11) is 0. The van der Waals surface area contributed by atoms with E-state index in [0.717, 1.165) is 46.3 Å². The first-order valence-electron chi connectivity index (χ1n) is 12.0. The number of hydrogen-bond acceptors (Lipinski definition) is 6. The molecule has 3 aromatic rings. The smallest absolute Gasteiger partial charge is 0.410 e. The molecule has 2 atom stereocenters. The van der Waals surface area contributed by atoms with Crippen LogP contribution in [-0.2, 0) is 11.3 Å². The molecule has 1 aromatic heterocycles. The highest BCUT2D eigenvalue weighted by Crippen LogP contribution is 2.41. The number of fused-ring (bicyclic) bond motifs is 1. The van der Waals surface area contributed by atoms with Gasteiger partial charge in [-0.25, -0.2) is 4.79 Å². The lowest BCUT2D eigenvalue weighted by atomic mass is 9.78. The number of hydrogen-bond donors (Lipinski definition) is 2. The molecule has 0 saturated carbocycles. The number of H-pyrrole nitrogens is 1. The summed E-state index contributed by atoms with van der Waals surface area (Å²) in [5.41, 5.74) is 5.25. The Balaban J connectivity index is 1.42. The van der Waals surface area contributed by atoms with Gasteiger partial charge in [-0.1, -0.05) is 36.4 Å². The molecule has 180 valence electrons. The van der Waals surface area contributed by atoms with Crippen molar-refractivity contribution in [3.8, 4) is 12.1 Å². The number of piperidine rings is 1. The summed E-state index contributed by atoms with van der Waals surface area (Å²) in [5.74, 6) is -0.538. The molecular formula is C28H26N6O2. The predicted molar refractivity (Wildman–Crippen MR) is 134 cm³/mol. The summed E-state index contributed by atoms with van der Waals surface area (Å²) in [6.45, 7) is 3.14. The molecule has 0 radical (unpaired) electrons. The number of rotatable bonds is 4. The number of aromatic nitrogens is 2. The maximum absolute atomic E-state index is 12.8. The zero-order valence-corrected chi connectivity index (χ0v) is 20.0. The number of aromatic amines is 1. The van der Waals surface area contributed by atoms with Crippen molar-refractivity contribution in [2.24, 2.45) is 5.92 Å². The molecule has 1 fully saturated rings. The zero-order valence-electron chi connectivity index (χ0n) is 20.0. The van der Waals surface area contributed by atoms with E-state index in [9.17, 15) is 15.3 Å². The molecule has 36 heavy (non-hydrogen) atoms. The number of ether oxygens (including phenoxy) is 1. The number of likely N-dealkylation sites (tertiary alicyclic amines) is 1. The first-order valence-corrected chi connectivity index (χ1v) is 12.0. The summed E-state index contributed by atoms with van der Waals surface area (Å²) < 4.78 is 5.56. The molecular weight excluding hydrogens is 452 g/mol. The van der Waals surface area contributed by atoms with Crippen molar-refractivity contribution in [1.82, 2.24) is 20.4 Å². The first-order chi connectivity index (χ1) is 17.6. The van der Waals surface area contributed by atoms with Crippen molar-refractivity contribution in [2.75, 3.05) is 13.1 Å². The number of benzene rings is 2. The van der Waals surface area contributed by atoms with E-state index in [0.29, 0.717) is 24.2 Å². The number of amides is 1. The Morgan fingerprint density at radius 2 is 1.97 bits per heavy atom. The van der Waals surface area contributed by atoms with Gasteiger partial charge in [-0.3, -0.25) is 5.10 Å². The summed E-state index contributed by atoms with van der Waals surface area (Å²) in [4.78, 5) is 14.6. The lowest BCUT2D eigenvalue weighted by Gasteiger charge is -2.37. The molecule has 2 aromatic carbocycles. The van der Waals surface area contributed by atoms with Crippen LogP contribution in [0.1, 0.15) is 36.8 Å². The molecule has 0 aliphatic carbocycles. The van der Waals surface area contributed by atoms with Crippen LogP contribution in [0.25, 0.3) is 10.9 Å². The van der Waals surface area contributed by atoms with Gasteiger partial charge in [-0.05, 0) is 43.0 Å². The Hall–Kier alpha value is -4.56. The van der Waals surface area contributed by atoms with Crippen LogP contribution in [-0.4, -0.2) is 34.3 Å². The fourth-order valence-corrected chi connectivity index (χ4v) is 5.11. The molecule has 0 bridgehead atoms. The van der Waals surface area contributed by atoms with Crippen molar-refractivity contribution >= 4 is 17.0 Å². The molecule has 8 nitrogen and oxygen atoms in total. The second-order valence-corrected chi connectivity index (χ2v) is 9.19. The van der Waals surface area contributed by atoms with E-state index < -0.39 is 5.92 Å². The highest BCUT2D eigenvalue weighted by molar-refractivity contribution is 5.79. The van der Waals surface area contributed by atoms with Crippen molar-refractivity contribution in [3.05, 3.63) is 88.4 Å².